The van der Waals surface area contributed by atoms with Crippen molar-refractivity contribution in [1.29, 1.82) is 0 Å². The van der Waals surface area contributed by atoms with Crippen LogP contribution in [0.2, 0.25) is 10.0 Å². The molecule has 8 heteroatoms. The molecule has 31 heavy (non-hydrogen) atoms. The maximum absolute atomic E-state index is 13.1. The summed E-state index contributed by atoms with van der Waals surface area (Å²) in [5.74, 6) is 0.138. The van der Waals surface area contributed by atoms with Gasteiger partial charge in [0.15, 0.2) is 6.61 Å². The number of halogens is 3. The third kappa shape index (κ3) is 6.99. The van der Waals surface area contributed by atoms with Gasteiger partial charge in [-0.15, -0.1) is 0 Å². The SMILES string of the molecule is C[C@H](C(=O)NC1CCCC1)N(Cc1ccc(Cl)cc1Cl)C(=O)COc1ccc(I)cc1. The maximum atomic E-state index is 13.1. The molecule has 166 valence electrons. The third-order valence-electron chi connectivity index (χ3n) is 5.40. The fourth-order valence-electron chi connectivity index (χ4n) is 3.57. The molecule has 2 amide bonds. The highest BCUT2D eigenvalue weighted by molar-refractivity contribution is 14.1. The number of hydrogen-bond acceptors (Lipinski definition) is 3. The number of benzene rings is 2. The molecular formula is C23H25Cl2IN2O3. The fourth-order valence-corrected chi connectivity index (χ4v) is 4.39. The first-order chi connectivity index (χ1) is 14.8. The molecule has 0 aromatic heterocycles. The number of carbonyl (C=O) groups excluding carboxylic acids is 2. The molecule has 0 radical (unpaired) electrons. The molecule has 0 heterocycles. The Morgan fingerprint density at radius 3 is 2.48 bits per heavy atom. The smallest absolute Gasteiger partial charge is 0.261 e. The fraction of sp³-hybridized carbons (Fsp3) is 0.391. The normalized spacial score (nSPS) is 14.8. The highest BCUT2D eigenvalue weighted by atomic mass is 127. The van der Waals surface area contributed by atoms with Crippen LogP contribution in [0.15, 0.2) is 42.5 Å². The molecule has 2 aromatic carbocycles. The van der Waals surface area contributed by atoms with Gasteiger partial charge >= 0.3 is 0 Å². The maximum Gasteiger partial charge on any atom is 0.261 e. The quantitative estimate of drug-likeness (QED) is 0.426. The van der Waals surface area contributed by atoms with Crippen molar-refractivity contribution < 1.29 is 14.3 Å². The van der Waals surface area contributed by atoms with Crippen LogP contribution in [-0.2, 0) is 16.1 Å². The number of carbonyl (C=O) groups is 2. The first kappa shape index (κ1) is 24.1. The second-order valence-corrected chi connectivity index (χ2v) is 9.76. The van der Waals surface area contributed by atoms with Gasteiger partial charge in [0.05, 0.1) is 0 Å². The molecule has 1 atom stereocenters. The van der Waals surface area contributed by atoms with Crippen molar-refractivity contribution in [2.24, 2.45) is 0 Å². The van der Waals surface area contributed by atoms with Gasteiger partial charge in [-0.1, -0.05) is 42.1 Å². The van der Waals surface area contributed by atoms with Gasteiger partial charge in [-0.25, -0.2) is 0 Å². The lowest BCUT2D eigenvalue weighted by molar-refractivity contribution is -0.142. The molecule has 0 unspecified atom stereocenters. The first-order valence-corrected chi connectivity index (χ1v) is 12.1. The Morgan fingerprint density at radius 1 is 1.16 bits per heavy atom. The van der Waals surface area contributed by atoms with Crippen molar-refractivity contribution in [2.75, 3.05) is 6.61 Å². The summed E-state index contributed by atoms with van der Waals surface area (Å²) in [6.45, 7) is 1.74. The molecule has 1 saturated carbocycles. The van der Waals surface area contributed by atoms with Crippen LogP contribution in [0.1, 0.15) is 38.2 Å². The summed E-state index contributed by atoms with van der Waals surface area (Å²) in [4.78, 5) is 27.5. The van der Waals surface area contributed by atoms with E-state index in [1.165, 1.54) is 4.90 Å². The van der Waals surface area contributed by atoms with E-state index >= 15 is 0 Å². The number of ether oxygens (including phenoxy) is 1. The van der Waals surface area contributed by atoms with Crippen LogP contribution in [0.5, 0.6) is 5.75 Å². The zero-order valence-electron chi connectivity index (χ0n) is 17.2. The standard InChI is InChI=1S/C23H25Cl2IN2O3/c1-15(23(30)27-19-4-2-3-5-19)28(13-16-6-7-17(24)12-21(16)25)22(29)14-31-20-10-8-18(26)9-11-20/h6-12,15,19H,2-5,13-14H2,1H3,(H,27,30)/t15-/m1/s1. The molecule has 5 nitrogen and oxygen atoms in total. The van der Waals surface area contributed by atoms with Crippen LogP contribution in [0.4, 0.5) is 0 Å². The Balaban J connectivity index is 1.73. The Bertz CT molecular complexity index is 918. The molecule has 3 rings (SSSR count). The average Bonchev–Trinajstić information content (AvgIpc) is 3.25. The Kier molecular flexibility index (Phi) is 8.86. The summed E-state index contributed by atoms with van der Waals surface area (Å²) in [5, 5.41) is 4.04. The second kappa shape index (κ2) is 11.4. The van der Waals surface area contributed by atoms with Gasteiger partial charge < -0.3 is 15.0 Å². The van der Waals surface area contributed by atoms with Crippen molar-refractivity contribution >= 4 is 57.6 Å². The predicted octanol–water partition coefficient (Wildman–Crippen LogP) is 5.45. The summed E-state index contributed by atoms with van der Waals surface area (Å²) in [5.41, 5.74) is 0.717. The van der Waals surface area contributed by atoms with Gasteiger partial charge in [0, 0.05) is 26.2 Å². The van der Waals surface area contributed by atoms with Crippen LogP contribution in [0.3, 0.4) is 0 Å². The van der Waals surface area contributed by atoms with E-state index in [1.807, 2.05) is 24.3 Å². The molecule has 1 aliphatic rings. The topological polar surface area (TPSA) is 58.6 Å². The van der Waals surface area contributed by atoms with E-state index in [4.69, 9.17) is 27.9 Å². The van der Waals surface area contributed by atoms with Gasteiger partial charge in [-0.3, -0.25) is 9.59 Å². The monoisotopic (exact) mass is 574 g/mol. The Labute approximate surface area is 206 Å². The van der Waals surface area contributed by atoms with E-state index in [-0.39, 0.29) is 31.0 Å². The van der Waals surface area contributed by atoms with E-state index < -0.39 is 6.04 Å². The molecular weight excluding hydrogens is 550 g/mol. The Morgan fingerprint density at radius 2 is 1.84 bits per heavy atom. The summed E-state index contributed by atoms with van der Waals surface area (Å²) < 4.78 is 6.75. The number of amides is 2. The van der Waals surface area contributed by atoms with E-state index in [0.29, 0.717) is 21.4 Å². The van der Waals surface area contributed by atoms with Crippen molar-refractivity contribution in [1.82, 2.24) is 10.2 Å². The molecule has 0 bridgehead atoms. The zero-order valence-corrected chi connectivity index (χ0v) is 20.9. The van der Waals surface area contributed by atoms with Crippen LogP contribution in [-0.4, -0.2) is 35.4 Å². The number of rotatable bonds is 8. The van der Waals surface area contributed by atoms with Gasteiger partial charge in [-0.2, -0.15) is 0 Å². The molecule has 1 fully saturated rings. The number of hydrogen-bond donors (Lipinski definition) is 1. The highest BCUT2D eigenvalue weighted by Crippen LogP contribution is 2.24. The van der Waals surface area contributed by atoms with Crippen LogP contribution < -0.4 is 10.1 Å². The minimum absolute atomic E-state index is 0.167. The lowest BCUT2D eigenvalue weighted by Crippen LogP contribution is -2.50. The molecule has 1 N–H and O–H groups in total. The molecule has 0 saturated heterocycles. The number of nitrogens with one attached hydrogen (secondary N) is 1. The lowest BCUT2D eigenvalue weighted by atomic mass is 10.1. The van der Waals surface area contributed by atoms with E-state index in [1.54, 1.807) is 25.1 Å². The van der Waals surface area contributed by atoms with Gasteiger partial charge in [-0.05, 0) is 84.3 Å². The van der Waals surface area contributed by atoms with Crippen molar-refractivity contribution in [3.8, 4) is 5.75 Å². The highest BCUT2D eigenvalue weighted by Gasteiger charge is 2.29. The largest absolute Gasteiger partial charge is 0.484 e. The predicted molar refractivity (Wildman–Crippen MR) is 132 cm³/mol. The average molecular weight is 575 g/mol. The van der Waals surface area contributed by atoms with Crippen LogP contribution >= 0.6 is 45.8 Å². The summed E-state index contributed by atoms with van der Waals surface area (Å²) in [7, 11) is 0. The summed E-state index contributed by atoms with van der Waals surface area (Å²) in [6, 6.07) is 12.1. The third-order valence-corrected chi connectivity index (χ3v) is 6.71. The van der Waals surface area contributed by atoms with E-state index in [2.05, 4.69) is 27.9 Å². The molecule has 2 aromatic rings. The Hall–Kier alpha value is -1.51. The first-order valence-electron chi connectivity index (χ1n) is 10.3. The zero-order chi connectivity index (χ0) is 22.4. The van der Waals surface area contributed by atoms with Crippen molar-refractivity contribution in [3.63, 3.8) is 0 Å². The van der Waals surface area contributed by atoms with Crippen molar-refractivity contribution in [3.05, 3.63) is 61.6 Å². The molecule has 0 aliphatic heterocycles. The number of nitrogens with zero attached hydrogens (tertiary/aromatic N) is 1. The molecule has 0 spiro atoms. The molecule has 1 aliphatic carbocycles. The van der Waals surface area contributed by atoms with E-state index in [9.17, 15) is 9.59 Å². The minimum atomic E-state index is -0.667. The van der Waals surface area contributed by atoms with Crippen LogP contribution in [0, 0.1) is 3.57 Å². The van der Waals surface area contributed by atoms with Gasteiger partial charge in [0.25, 0.3) is 5.91 Å². The van der Waals surface area contributed by atoms with Gasteiger partial charge in [0.1, 0.15) is 11.8 Å². The minimum Gasteiger partial charge on any atom is -0.484 e. The lowest BCUT2D eigenvalue weighted by Gasteiger charge is -2.30. The van der Waals surface area contributed by atoms with E-state index in [0.717, 1.165) is 29.3 Å². The second-order valence-electron chi connectivity index (χ2n) is 7.67. The van der Waals surface area contributed by atoms with Crippen LogP contribution in [0.25, 0.3) is 0 Å². The van der Waals surface area contributed by atoms with Gasteiger partial charge in [0.2, 0.25) is 5.91 Å². The van der Waals surface area contributed by atoms with Crippen molar-refractivity contribution in [2.45, 2.75) is 51.2 Å². The summed E-state index contributed by atoms with van der Waals surface area (Å²) >= 11 is 14.5. The summed E-state index contributed by atoms with van der Waals surface area (Å²) in [6.07, 6.45) is 4.19.